The molecule has 1 amide bonds. The third-order valence-electron chi connectivity index (χ3n) is 4.38. The number of carbonyl (C=O) groups excluding carboxylic acids is 1. The van der Waals surface area contributed by atoms with Crippen molar-refractivity contribution in [1.82, 2.24) is 0 Å². The minimum atomic E-state index is -1.23. The highest BCUT2D eigenvalue weighted by Gasteiger charge is 2.19. The molecule has 0 fully saturated rings. The molecule has 0 saturated heterocycles. The number of hydrogen-bond acceptors (Lipinski definition) is 3. The first kappa shape index (κ1) is 21.7. The molecule has 0 aliphatic rings. The van der Waals surface area contributed by atoms with Gasteiger partial charge in [0.25, 0.3) is 0 Å². The van der Waals surface area contributed by atoms with Gasteiger partial charge in [0.15, 0.2) is 0 Å². The van der Waals surface area contributed by atoms with E-state index in [1.54, 1.807) is 0 Å². The van der Waals surface area contributed by atoms with Crippen LogP contribution in [0.4, 0.5) is 5.69 Å². The average molecular weight is 363 g/mol. The minimum Gasteiger partial charge on any atom is -0.478 e. The van der Waals surface area contributed by atoms with Crippen molar-refractivity contribution in [2.75, 3.05) is 5.32 Å². The van der Waals surface area contributed by atoms with E-state index in [-0.39, 0.29) is 28.6 Å². The van der Waals surface area contributed by atoms with Crippen molar-refractivity contribution in [3.05, 3.63) is 29.3 Å². The van der Waals surface area contributed by atoms with Crippen molar-refractivity contribution < 1.29 is 24.6 Å². The zero-order chi connectivity index (χ0) is 19.5. The fourth-order valence-electron chi connectivity index (χ4n) is 2.87. The number of carboxylic acid groups (broad SMARTS) is 2. The molecule has 6 heteroatoms. The van der Waals surface area contributed by atoms with Crippen LogP contribution < -0.4 is 5.32 Å². The summed E-state index contributed by atoms with van der Waals surface area (Å²) in [6.45, 7) is 4.21. The van der Waals surface area contributed by atoms with Gasteiger partial charge in [-0.3, -0.25) is 4.79 Å². The highest BCUT2D eigenvalue weighted by atomic mass is 16.4. The summed E-state index contributed by atoms with van der Waals surface area (Å²) in [7, 11) is 0. The number of benzene rings is 1. The number of amides is 1. The number of hydrogen-bond donors (Lipinski definition) is 3. The van der Waals surface area contributed by atoms with Gasteiger partial charge in [-0.15, -0.1) is 0 Å². The van der Waals surface area contributed by atoms with E-state index in [0.717, 1.165) is 57.4 Å². The van der Waals surface area contributed by atoms with Crippen molar-refractivity contribution in [2.45, 2.75) is 65.2 Å². The molecule has 0 aliphatic carbocycles. The number of carbonyl (C=O) groups is 3. The van der Waals surface area contributed by atoms with Crippen LogP contribution in [0.1, 0.15) is 85.9 Å². The van der Waals surface area contributed by atoms with Crippen LogP contribution in [-0.4, -0.2) is 28.1 Å². The van der Waals surface area contributed by atoms with Crippen LogP contribution in [0.5, 0.6) is 0 Å². The molecule has 1 rings (SSSR count). The molecule has 26 heavy (non-hydrogen) atoms. The van der Waals surface area contributed by atoms with Crippen molar-refractivity contribution in [3.63, 3.8) is 0 Å². The van der Waals surface area contributed by atoms with E-state index in [1.807, 2.05) is 0 Å². The predicted molar refractivity (Wildman–Crippen MR) is 101 cm³/mol. The largest absolute Gasteiger partial charge is 0.478 e. The van der Waals surface area contributed by atoms with Gasteiger partial charge < -0.3 is 15.5 Å². The van der Waals surface area contributed by atoms with Crippen LogP contribution in [0, 0.1) is 5.92 Å². The molecule has 0 spiro atoms. The van der Waals surface area contributed by atoms with Gasteiger partial charge in [-0.05, 0) is 31.0 Å². The summed E-state index contributed by atoms with van der Waals surface area (Å²) in [5.41, 5.74) is -0.108. The van der Waals surface area contributed by atoms with Crippen LogP contribution >= 0.6 is 0 Å². The quantitative estimate of drug-likeness (QED) is 0.463. The molecule has 6 nitrogen and oxygen atoms in total. The maximum Gasteiger partial charge on any atom is 0.335 e. The molecule has 1 aromatic carbocycles. The van der Waals surface area contributed by atoms with Gasteiger partial charge in [-0.2, -0.15) is 0 Å². The Hall–Kier alpha value is -2.37. The van der Waals surface area contributed by atoms with Crippen LogP contribution in [0.2, 0.25) is 0 Å². The van der Waals surface area contributed by atoms with Crippen molar-refractivity contribution >= 4 is 23.5 Å². The fraction of sp³-hybridized carbons (Fsp3) is 0.550. The number of unbranched alkanes of at least 4 members (excludes halogenated alkanes) is 4. The number of anilines is 1. The Labute approximate surface area is 154 Å². The number of aromatic carboxylic acids is 2. The Morgan fingerprint density at radius 2 is 1.38 bits per heavy atom. The SMILES string of the molecule is CCCCCCC(CCCC)C(=O)Nc1cc(C(=O)O)cc(C(=O)O)c1. The van der Waals surface area contributed by atoms with Gasteiger partial charge in [-0.1, -0.05) is 52.4 Å². The van der Waals surface area contributed by atoms with E-state index < -0.39 is 11.9 Å². The van der Waals surface area contributed by atoms with Gasteiger partial charge in [0.2, 0.25) is 5.91 Å². The zero-order valence-electron chi connectivity index (χ0n) is 15.6. The standard InChI is InChI=1S/C20H29NO5/c1-3-5-7-8-10-14(9-6-4-2)18(22)21-17-12-15(19(23)24)11-16(13-17)20(25)26/h11-14H,3-10H2,1-2H3,(H,21,22)(H,23,24)(H,25,26). The summed E-state index contributed by atoms with van der Waals surface area (Å²) in [6, 6.07) is 3.67. The second kappa shape index (κ2) is 11.3. The van der Waals surface area contributed by atoms with E-state index in [4.69, 9.17) is 10.2 Å². The Morgan fingerprint density at radius 3 is 1.88 bits per heavy atom. The number of rotatable bonds is 12. The Morgan fingerprint density at radius 1 is 0.846 bits per heavy atom. The van der Waals surface area contributed by atoms with E-state index >= 15 is 0 Å². The van der Waals surface area contributed by atoms with Crippen LogP contribution in [0.15, 0.2) is 18.2 Å². The second-order valence-electron chi connectivity index (χ2n) is 6.59. The molecule has 3 N–H and O–H groups in total. The molecule has 144 valence electrons. The van der Waals surface area contributed by atoms with Gasteiger partial charge in [0.1, 0.15) is 0 Å². The van der Waals surface area contributed by atoms with Crippen molar-refractivity contribution in [2.24, 2.45) is 5.92 Å². The lowest BCUT2D eigenvalue weighted by molar-refractivity contribution is -0.120. The highest BCUT2D eigenvalue weighted by molar-refractivity contribution is 5.99. The third kappa shape index (κ3) is 7.25. The van der Waals surface area contributed by atoms with E-state index in [2.05, 4.69) is 19.2 Å². The van der Waals surface area contributed by atoms with Crippen LogP contribution in [-0.2, 0) is 4.79 Å². The number of carboxylic acids is 2. The molecule has 1 aromatic rings. The molecular weight excluding hydrogens is 334 g/mol. The Kier molecular flexibility index (Phi) is 9.41. The molecule has 0 bridgehead atoms. The smallest absolute Gasteiger partial charge is 0.335 e. The van der Waals surface area contributed by atoms with Gasteiger partial charge >= 0.3 is 11.9 Å². The minimum absolute atomic E-state index is 0.145. The zero-order valence-corrected chi connectivity index (χ0v) is 15.6. The van der Waals surface area contributed by atoms with E-state index in [0.29, 0.717) is 0 Å². The van der Waals surface area contributed by atoms with Gasteiger partial charge in [0, 0.05) is 11.6 Å². The molecule has 0 heterocycles. The lowest BCUT2D eigenvalue weighted by Gasteiger charge is -2.17. The third-order valence-corrected chi connectivity index (χ3v) is 4.38. The van der Waals surface area contributed by atoms with Gasteiger partial charge in [-0.25, -0.2) is 9.59 Å². The van der Waals surface area contributed by atoms with Crippen LogP contribution in [0.3, 0.4) is 0 Å². The monoisotopic (exact) mass is 363 g/mol. The molecule has 0 aromatic heterocycles. The lowest BCUT2D eigenvalue weighted by Crippen LogP contribution is -2.23. The molecule has 1 atom stereocenters. The topological polar surface area (TPSA) is 104 Å². The molecule has 0 saturated carbocycles. The fourth-order valence-corrected chi connectivity index (χ4v) is 2.87. The first-order valence-electron chi connectivity index (χ1n) is 9.31. The molecule has 0 radical (unpaired) electrons. The first-order valence-corrected chi connectivity index (χ1v) is 9.31. The van der Waals surface area contributed by atoms with Gasteiger partial charge in [0.05, 0.1) is 11.1 Å². The van der Waals surface area contributed by atoms with E-state index in [9.17, 15) is 14.4 Å². The molecule has 1 unspecified atom stereocenters. The first-order chi connectivity index (χ1) is 12.4. The summed E-state index contributed by atoms with van der Waals surface area (Å²) < 4.78 is 0. The second-order valence-corrected chi connectivity index (χ2v) is 6.59. The Balaban J connectivity index is 2.88. The maximum absolute atomic E-state index is 12.6. The Bertz CT molecular complexity index is 594. The van der Waals surface area contributed by atoms with Crippen LogP contribution in [0.25, 0.3) is 0 Å². The predicted octanol–water partition coefficient (Wildman–Crippen LogP) is 4.80. The summed E-state index contributed by atoms with van der Waals surface area (Å²) in [6.07, 6.45) is 7.85. The molecular formula is C20H29NO5. The molecule has 0 aliphatic heterocycles. The highest BCUT2D eigenvalue weighted by Crippen LogP contribution is 2.21. The van der Waals surface area contributed by atoms with E-state index in [1.165, 1.54) is 12.1 Å². The summed E-state index contributed by atoms with van der Waals surface area (Å²) in [5, 5.41) is 21.0. The average Bonchev–Trinajstić information content (AvgIpc) is 2.60. The summed E-state index contributed by atoms with van der Waals surface area (Å²) in [5.74, 6) is -2.78. The number of nitrogens with one attached hydrogen (secondary N) is 1. The summed E-state index contributed by atoms with van der Waals surface area (Å²) >= 11 is 0. The lowest BCUT2D eigenvalue weighted by atomic mass is 9.94. The maximum atomic E-state index is 12.6. The summed E-state index contributed by atoms with van der Waals surface area (Å²) in [4.78, 5) is 35.0. The van der Waals surface area contributed by atoms with Crippen molar-refractivity contribution in [3.8, 4) is 0 Å². The normalized spacial score (nSPS) is 11.8. The van der Waals surface area contributed by atoms with Crippen molar-refractivity contribution in [1.29, 1.82) is 0 Å².